The van der Waals surface area contributed by atoms with Gasteiger partial charge in [0.25, 0.3) is 5.91 Å². The summed E-state index contributed by atoms with van der Waals surface area (Å²) in [6, 6.07) is 8.95. The second-order valence-electron chi connectivity index (χ2n) is 8.66. The van der Waals surface area contributed by atoms with Gasteiger partial charge in [0, 0.05) is 24.7 Å². The standard InChI is InChI=1S/C24H33N3O3/c1-4-30-24(29)26-14-12-19(13-15-26)25-22-16(2)17(3)23(28)27(22)21-11-7-9-18-8-5-6-10-20(18)21/h5-6,8,10,19,21-22,25H,4,7,9,11-15H2,1-3H3/t21-,22+/m0/s1. The summed E-state index contributed by atoms with van der Waals surface area (Å²) in [6.45, 7) is 7.63. The number of ether oxygens (including phenoxy) is 1. The van der Waals surface area contributed by atoms with E-state index in [-0.39, 0.29) is 30.2 Å². The third-order valence-corrected chi connectivity index (χ3v) is 6.92. The topological polar surface area (TPSA) is 61.9 Å². The number of carbonyl (C=O) groups is 2. The van der Waals surface area contributed by atoms with Crippen molar-refractivity contribution in [1.82, 2.24) is 15.1 Å². The number of benzene rings is 1. The van der Waals surface area contributed by atoms with Gasteiger partial charge in [-0.05, 0) is 69.6 Å². The van der Waals surface area contributed by atoms with E-state index in [0.29, 0.717) is 19.7 Å². The van der Waals surface area contributed by atoms with E-state index in [1.54, 1.807) is 4.90 Å². The minimum atomic E-state index is -0.223. The van der Waals surface area contributed by atoms with Gasteiger partial charge in [-0.1, -0.05) is 24.3 Å². The number of amides is 2. The fourth-order valence-corrected chi connectivity index (χ4v) is 5.10. The lowest BCUT2D eigenvalue weighted by Crippen LogP contribution is -2.54. The molecule has 0 saturated carbocycles. The Morgan fingerprint density at radius 1 is 1.17 bits per heavy atom. The zero-order chi connectivity index (χ0) is 21.3. The number of likely N-dealkylation sites (tertiary alicyclic amines) is 1. The Kier molecular flexibility index (Phi) is 6.14. The van der Waals surface area contributed by atoms with Crippen LogP contribution >= 0.6 is 0 Å². The molecule has 1 aromatic carbocycles. The zero-order valence-electron chi connectivity index (χ0n) is 18.3. The summed E-state index contributed by atoms with van der Waals surface area (Å²) in [6.07, 6.45) is 4.63. The van der Waals surface area contributed by atoms with Crippen LogP contribution in [0.4, 0.5) is 4.79 Å². The van der Waals surface area contributed by atoms with Crippen LogP contribution in [0.15, 0.2) is 35.4 Å². The van der Waals surface area contributed by atoms with Gasteiger partial charge < -0.3 is 14.5 Å². The number of carbonyl (C=O) groups excluding carboxylic acids is 2. The predicted molar refractivity (Wildman–Crippen MR) is 116 cm³/mol. The molecule has 0 unspecified atom stereocenters. The molecule has 6 heteroatoms. The van der Waals surface area contributed by atoms with Gasteiger partial charge in [0.1, 0.15) is 6.17 Å². The summed E-state index contributed by atoms with van der Waals surface area (Å²) in [7, 11) is 0. The molecule has 2 aliphatic heterocycles. The maximum absolute atomic E-state index is 13.2. The fraction of sp³-hybridized carbons (Fsp3) is 0.583. The monoisotopic (exact) mass is 411 g/mol. The van der Waals surface area contributed by atoms with Crippen molar-refractivity contribution < 1.29 is 14.3 Å². The van der Waals surface area contributed by atoms with E-state index >= 15 is 0 Å². The van der Waals surface area contributed by atoms with Crippen molar-refractivity contribution in [3.05, 3.63) is 46.5 Å². The van der Waals surface area contributed by atoms with Gasteiger partial charge in [0.2, 0.25) is 0 Å². The molecular weight excluding hydrogens is 378 g/mol. The summed E-state index contributed by atoms with van der Waals surface area (Å²) < 4.78 is 5.13. The third-order valence-electron chi connectivity index (χ3n) is 6.92. The molecule has 1 saturated heterocycles. The first-order valence-electron chi connectivity index (χ1n) is 11.3. The number of nitrogens with zero attached hydrogens (tertiary/aromatic N) is 2. The zero-order valence-corrected chi connectivity index (χ0v) is 18.3. The van der Waals surface area contributed by atoms with E-state index in [0.717, 1.165) is 43.3 Å². The lowest BCUT2D eigenvalue weighted by molar-refractivity contribution is -0.130. The lowest BCUT2D eigenvalue weighted by Gasteiger charge is -2.41. The molecule has 2 atom stereocenters. The van der Waals surface area contributed by atoms with Crippen molar-refractivity contribution in [2.75, 3.05) is 19.7 Å². The molecule has 162 valence electrons. The van der Waals surface area contributed by atoms with Crippen LogP contribution in [0, 0.1) is 0 Å². The molecule has 3 aliphatic rings. The van der Waals surface area contributed by atoms with Crippen molar-refractivity contribution in [3.8, 4) is 0 Å². The molecule has 2 amide bonds. The highest BCUT2D eigenvalue weighted by molar-refractivity contribution is 5.97. The summed E-state index contributed by atoms with van der Waals surface area (Å²) in [5, 5.41) is 3.77. The average molecular weight is 412 g/mol. The Morgan fingerprint density at radius 3 is 2.63 bits per heavy atom. The average Bonchev–Trinajstić information content (AvgIpc) is 2.97. The normalized spacial score (nSPS) is 25.0. The van der Waals surface area contributed by atoms with Crippen molar-refractivity contribution in [1.29, 1.82) is 0 Å². The molecule has 1 fully saturated rings. The van der Waals surface area contributed by atoms with Crippen LogP contribution in [0.5, 0.6) is 0 Å². The molecule has 4 rings (SSSR count). The first-order valence-corrected chi connectivity index (χ1v) is 11.3. The summed E-state index contributed by atoms with van der Waals surface area (Å²) >= 11 is 0. The van der Waals surface area contributed by atoms with Crippen LogP contribution in [0.2, 0.25) is 0 Å². The van der Waals surface area contributed by atoms with Crippen LogP contribution in [-0.2, 0) is 16.0 Å². The highest BCUT2D eigenvalue weighted by atomic mass is 16.6. The number of rotatable bonds is 4. The second-order valence-corrected chi connectivity index (χ2v) is 8.66. The van der Waals surface area contributed by atoms with Crippen molar-refractivity contribution in [3.63, 3.8) is 0 Å². The number of piperidine rings is 1. The highest BCUT2D eigenvalue weighted by Crippen LogP contribution is 2.40. The maximum Gasteiger partial charge on any atom is 0.409 e. The quantitative estimate of drug-likeness (QED) is 0.819. The molecule has 0 aromatic heterocycles. The first-order chi connectivity index (χ1) is 14.5. The van der Waals surface area contributed by atoms with Crippen LogP contribution in [-0.4, -0.2) is 53.7 Å². The van der Waals surface area contributed by atoms with Crippen molar-refractivity contribution in [2.45, 2.75) is 71.1 Å². The Morgan fingerprint density at radius 2 is 1.90 bits per heavy atom. The number of nitrogens with one attached hydrogen (secondary N) is 1. The van der Waals surface area contributed by atoms with Gasteiger partial charge in [-0.15, -0.1) is 0 Å². The minimum absolute atomic E-state index is 0.0761. The fourth-order valence-electron chi connectivity index (χ4n) is 5.10. The van der Waals surface area contributed by atoms with Crippen molar-refractivity contribution >= 4 is 12.0 Å². The molecule has 1 aliphatic carbocycles. The van der Waals surface area contributed by atoms with Gasteiger partial charge in [0.15, 0.2) is 0 Å². The number of fused-ring (bicyclic) bond motifs is 1. The molecular formula is C24H33N3O3. The maximum atomic E-state index is 13.2. The molecule has 0 bridgehead atoms. The lowest BCUT2D eigenvalue weighted by atomic mass is 9.86. The number of hydrogen-bond acceptors (Lipinski definition) is 4. The number of hydrogen-bond donors (Lipinski definition) is 1. The van der Waals surface area contributed by atoms with E-state index in [9.17, 15) is 9.59 Å². The Balaban J connectivity index is 1.49. The molecule has 1 aromatic rings. The molecule has 6 nitrogen and oxygen atoms in total. The van der Waals surface area contributed by atoms with E-state index in [2.05, 4.69) is 41.4 Å². The molecule has 1 N–H and O–H groups in total. The largest absolute Gasteiger partial charge is 0.450 e. The van der Waals surface area contributed by atoms with Crippen LogP contribution < -0.4 is 5.32 Å². The molecule has 2 heterocycles. The predicted octanol–water partition coefficient (Wildman–Crippen LogP) is 3.78. The summed E-state index contributed by atoms with van der Waals surface area (Å²) in [5.74, 6) is 0.149. The summed E-state index contributed by atoms with van der Waals surface area (Å²) in [5.41, 5.74) is 4.64. The number of aryl methyl sites for hydroxylation is 1. The Bertz CT molecular complexity index is 842. The van der Waals surface area contributed by atoms with Crippen LogP contribution in [0.1, 0.15) is 63.6 Å². The van der Waals surface area contributed by atoms with Gasteiger partial charge in [0.05, 0.1) is 12.6 Å². The Hall–Kier alpha value is -2.34. The summed E-state index contributed by atoms with van der Waals surface area (Å²) in [4.78, 5) is 29.1. The van der Waals surface area contributed by atoms with Crippen LogP contribution in [0.25, 0.3) is 0 Å². The highest BCUT2D eigenvalue weighted by Gasteiger charge is 2.42. The van der Waals surface area contributed by atoms with Crippen molar-refractivity contribution in [2.24, 2.45) is 0 Å². The SMILES string of the molecule is CCOC(=O)N1CCC(N[C@H]2C(C)=C(C)C(=O)N2[C@H]2CCCc3ccccc32)CC1. The van der Waals surface area contributed by atoms with E-state index in [1.165, 1.54) is 11.1 Å². The molecule has 0 spiro atoms. The smallest absolute Gasteiger partial charge is 0.409 e. The van der Waals surface area contributed by atoms with Gasteiger partial charge in [-0.25, -0.2) is 4.79 Å². The van der Waals surface area contributed by atoms with E-state index < -0.39 is 0 Å². The first kappa shape index (κ1) is 20.9. The molecule has 30 heavy (non-hydrogen) atoms. The Labute approximate surface area is 179 Å². The van der Waals surface area contributed by atoms with Crippen LogP contribution in [0.3, 0.4) is 0 Å². The van der Waals surface area contributed by atoms with E-state index in [4.69, 9.17) is 4.74 Å². The third kappa shape index (κ3) is 3.85. The van der Waals surface area contributed by atoms with Gasteiger partial charge in [-0.2, -0.15) is 0 Å². The van der Waals surface area contributed by atoms with E-state index in [1.807, 2.05) is 13.8 Å². The van der Waals surface area contributed by atoms with Gasteiger partial charge in [-0.3, -0.25) is 10.1 Å². The van der Waals surface area contributed by atoms with Gasteiger partial charge >= 0.3 is 6.09 Å². The molecule has 0 radical (unpaired) electrons. The second kappa shape index (κ2) is 8.80. The minimum Gasteiger partial charge on any atom is -0.450 e.